The molecule has 0 aliphatic carbocycles. The summed E-state index contributed by atoms with van der Waals surface area (Å²) in [5, 5.41) is 24.4. The summed E-state index contributed by atoms with van der Waals surface area (Å²) in [6, 6.07) is 3.73. The Bertz CT molecular complexity index is 235. The van der Waals surface area contributed by atoms with E-state index in [2.05, 4.69) is 0 Å². The molecule has 0 spiro atoms. The molecule has 0 aliphatic heterocycles. The molecule has 1 unspecified atom stereocenters. The Morgan fingerprint density at radius 1 is 1.36 bits per heavy atom. The average molecular weight is 196 g/mol. The van der Waals surface area contributed by atoms with E-state index in [0.717, 1.165) is 6.42 Å². The van der Waals surface area contributed by atoms with Gasteiger partial charge in [-0.15, -0.1) is 0 Å². The lowest BCUT2D eigenvalue weighted by Gasteiger charge is -1.97. The number of hydrogen-bond donors (Lipinski definition) is 1. The highest BCUT2D eigenvalue weighted by molar-refractivity contribution is 5.72. The first-order chi connectivity index (χ1) is 6.49. The Hall–Kier alpha value is -1.55. The molecule has 0 radical (unpaired) electrons. The maximum Gasteiger partial charge on any atom is 0.320 e. The van der Waals surface area contributed by atoms with Crippen LogP contribution < -0.4 is 0 Å². The van der Waals surface area contributed by atoms with Crippen LogP contribution in [-0.4, -0.2) is 11.1 Å². The van der Waals surface area contributed by atoms with E-state index in [-0.39, 0.29) is 5.92 Å². The zero-order valence-electron chi connectivity index (χ0n) is 8.82. The van der Waals surface area contributed by atoms with Crippen molar-refractivity contribution >= 4 is 5.97 Å². The van der Waals surface area contributed by atoms with Gasteiger partial charge in [0, 0.05) is 5.92 Å². The first-order valence-electron chi connectivity index (χ1n) is 4.51. The van der Waals surface area contributed by atoms with Crippen molar-refractivity contribution < 1.29 is 9.90 Å². The molecule has 78 valence electrons. The van der Waals surface area contributed by atoms with Crippen LogP contribution in [-0.2, 0) is 4.79 Å². The lowest BCUT2D eigenvalue weighted by Crippen LogP contribution is -2.10. The van der Waals surface area contributed by atoms with Crippen LogP contribution in [0.15, 0.2) is 0 Å². The smallest absolute Gasteiger partial charge is 0.320 e. The van der Waals surface area contributed by atoms with Crippen molar-refractivity contribution in [2.45, 2.75) is 33.6 Å². The third kappa shape index (κ3) is 10.4. The first kappa shape index (κ1) is 14.9. The molecule has 14 heavy (non-hydrogen) atoms. The Morgan fingerprint density at radius 3 is 1.86 bits per heavy atom. The fourth-order valence-corrected chi connectivity index (χ4v) is 0.532. The minimum atomic E-state index is -1.01. The minimum Gasteiger partial charge on any atom is -0.480 e. The number of carboxylic acids is 1. The van der Waals surface area contributed by atoms with Crippen LogP contribution in [0.5, 0.6) is 0 Å². The lowest BCUT2D eigenvalue weighted by molar-refractivity contribution is -0.139. The van der Waals surface area contributed by atoms with Gasteiger partial charge < -0.3 is 5.11 Å². The molecule has 4 nitrogen and oxygen atoms in total. The van der Waals surface area contributed by atoms with Gasteiger partial charge in [-0.05, 0) is 20.3 Å². The highest BCUT2D eigenvalue weighted by Gasteiger charge is 2.13. The number of aliphatic carboxylic acids is 1. The standard InChI is InChI=1S/C6H9NO2.C4H7N/c1-2-3-5(4-7)6(8)9;1-4(2)3-5/h5H,2-3H2,1H3,(H,8,9);4H,1-2H3. The van der Waals surface area contributed by atoms with Gasteiger partial charge in [-0.1, -0.05) is 13.3 Å². The Kier molecular flexibility index (Phi) is 10.2. The van der Waals surface area contributed by atoms with E-state index in [4.69, 9.17) is 15.6 Å². The molecular weight excluding hydrogens is 180 g/mol. The number of nitriles is 2. The predicted octanol–water partition coefficient (Wildman–Crippen LogP) is 2.18. The van der Waals surface area contributed by atoms with Crippen LogP contribution >= 0.6 is 0 Å². The maximum absolute atomic E-state index is 10.1. The molecule has 0 saturated heterocycles. The van der Waals surface area contributed by atoms with Crippen molar-refractivity contribution in [2.24, 2.45) is 11.8 Å². The van der Waals surface area contributed by atoms with Crippen LogP contribution in [0.1, 0.15) is 33.6 Å². The van der Waals surface area contributed by atoms with Crippen LogP contribution in [0, 0.1) is 34.5 Å². The highest BCUT2D eigenvalue weighted by atomic mass is 16.4. The molecule has 1 atom stereocenters. The van der Waals surface area contributed by atoms with Crippen molar-refractivity contribution in [3.05, 3.63) is 0 Å². The lowest BCUT2D eigenvalue weighted by atomic mass is 10.1. The SMILES string of the molecule is CC(C)C#N.CCCC(C#N)C(=O)O. The van der Waals surface area contributed by atoms with Gasteiger partial charge in [-0.2, -0.15) is 10.5 Å². The summed E-state index contributed by atoms with van der Waals surface area (Å²) >= 11 is 0. The molecule has 0 aromatic carbocycles. The zero-order valence-corrected chi connectivity index (χ0v) is 8.82. The number of nitrogens with zero attached hydrogens (tertiary/aromatic N) is 2. The Morgan fingerprint density at radius 2 is 1.79 bits per heavy atom. The highest BCUT2D eigenvalue weighted by Crippen LogP contribution is 2.03. The van der Waals surface area contributed by atoms with Crippen molar-refractivity contribution in [3.8, 4) is 12.1 Å². The van der Waals surface area contributed by atoms with Gasteiger partial charge in [0.05, 0.1) is 12.1 Å². The number of carboxylic acid groups (broad SMARTS) is 1. The molecule has 0 aromatic rings. The summed E-state index contributed by atoms with van der Waals surface area (Å²) in [5.41, 5.74) is 0. The molecule has 0 bridgehead atoms. The molecule has 0 fully saturated rings. The average Bonchev–Trinajstić information content (AvgIpc) is 2.14. The van der Waals surface area contributed by atoms with Crippen molar-refractivity contribution in [1.82, 2.24) is 0 Å². The molecule has 0 aromatic heterocycles. The van der Waals surface area contributed by atoms with Crippen LogP contribution in [0.25, 0.3) is 0 Å². The van der Waals surface area contributed by atoms with Crippen LogP contribution in [0.4, 0.5) is 0 Å². The molecule has 0 heterocycles. The number of rotatable bonds is 3. The van der Waals surface area contributed by atoms with E-state index in [1.54, 1.807) is 6.07 Å². The number of hydrogen-bond acceptors (Lipinski definition) is 3. The van der Waals surface area contributed by atoms with E-state index in [0.29, 0.717) is 6.42 Å². The molecule has 0 aliphatic rings. The zero-order chi connectivity index (χ0) is 11.6. The van der Waals surface area contributed by atoms with Gasteiger partial charge in [0.25, 0.3) is 0 Å². The first-order valence-corrected chi connectivity index (χ1v) is 4.51. The van der Waals surface area contributed by atoms with Gasteiger partial charge in [0.1, 0.15) is 5.92 Å². The van der Waals surface area contributed by atoms with Gasteiger partial charge in [-0.25, -0.2) is 0 Å². The van der Waals surface area contributed by atoms with Gasteiger partial charge in [0.2, 0.25) is 0 Å². The topological polar surface area (TPSA) is 84.9 Å². The minimum absolute atomic E-state index is 0.190. The monoisotopic (exact) mass is 196 g/mol. The van der Waals surface area contributed by atoms with E-state index in [9.17, 15) is 4.79 Å². The van der Waals surface area contributed by atoms with Crippen molar-refractivity contribution in [2.75, 3.05) is 0 Å². The maximum atomic E-state index is 10.1. The van der Waals surface area contributed by atoms with Crippen LogP contribution in [0.3, 0.4) is 0 Å². The Labute approximate surface area is 84.8 Å². The molecule has 0 rings (SSSR count). The second kappa shape index (κ2) is 9.54. The number of carbonyl (C=O) groups is 1. The molecule has 4 heteroatoms. The summed E-state index contributed by atoms with van der Waals surface area (Å²) in [5.74, 6) is -1.63. The predicted molar refractivity (Wildman–Crippen MR) is 52.1 cm³/mol. The van der Waals surface area contributed by atoms with Crippen molar-refractivity contribution in [3.63, 3.8) is 0 Å². The summed E-state index contributed by atoms with van der Waals surface area (Å²) in [4.78, 5) is 10.1. The van der Waals surface area contributed by atoms with E-state index < -0.39 is 11.9 Å². The molecule has 1 N–H and O–H groups in total. The van der Waals surface area contributed by atoms with E-state index >= 15 is 0 Å². The summed E-state index contributed by atoms with van der Waals surface area (Å²) in [6.45, 7) is 5.58. The van der Waals surface area contributed by atoms with Gasteiger partial charge in [0.15, 0.2) is 0 Å². The summed E-state index contributed by atoms with van der Waals surface area (Å²) in [6.07, 6.45) is 1.19. The molecule has 0 amide bonds. The summed E-state index contributed by atoms with van der Waals surface area (Å²) < 4.78 is 0. The van der Waals surface area contributed by atoms with Gasteiger partial charge >= 0.3 is 5.97 Å². The normalized spacial score (nSPS) is 10.4. The van der Waals surface area contributed by atoms with Gasteiger partial charge in [-0.3, -0.25) is 4.79 Å². The third-order valence-corrected chi connectivity index (χ3v) is 1.29. The van der Waals surface area contributed by atoms with E-state index in [1.165, 1.54) is 0 Å². The third-order valence-electron chi connectivity index (χ3n) is 1.29. The Balaban J connectivity index is 0. The fourth-order valence-electron chi connectivity index (χ4n) is 0.532. The molecular formula is C10H16N2O2. The second-order valence-corrected chi connectivity index (χ2v) is 3.09. The van der Waals surface area contributed by atoms with E-state index in [1.807, 2.05) is 26.8 Å². The van der Waals surface area contributed by atoms with Crippen molar-refractivity contribution in [1.29, 1.82) is 10.5 Å². The molecule has 0 saturated carbocycles. The van der Waals surface area contributed by atoms with Crippen LogP contribution in [0.2, 0.25) is 0 Å². The second-order valence-electron chi connectivity index (χ2n) is 3.09. The largest absolute Gasteiger partial charge is 0.480 e. The summed E-state index contributed by atoms with van der Waals surface area (Å²) in [7, 11) is 0. The fraction of sp³-hybridized carbons (Fsp3) is 0.700. The quantitative estimate of drug-likeness (QED) is 0.749.